The minimum absolute atomic E-state index is 0.191. The highest BCUT2D eigenvalue weighted by molar-refractivity contribution is 7.89. The van der Waals surface area contributed by atoms with Crippen LogP contribution in [0.2, 0.25) is 5.02 Å². The van der Waals surface area contributed by atoms with Gasteiger partial charge in [0.2, 0.25) is 0 Å². The Labute approximate surface area is 114 Å². The summed E-state index contributed by atoms with van der Waals surface area (Å²) in [6.45, 7) is 0.569. The highest BCUT2D eigenvalue weighted by Crippen LogP contribution is 2.29. The average Bonchev–Trinajstić information content (AvgIpc) is 2.39. The number of benzene rings is 1. The minimum atomic E-state index is -3.88. The van der Waals surface area contributed by atoms with Crippen LogP contribution in [0.15, 0.2) is 23.1 Å². The van der Waals surface area contributed by atoms with Crippen LogP contribution in [0.5, 0.6) is 0 Å². The predicted molar refractivity (Wildman–Crippen MR) is 67.2 cm³/mol. The Morgan fingerprint density at radius 3 is 2.63 bits per heavy atom. The summed E-state index contributed by atoms with van der Waals surface area (Å²) >= 11 is 5.81. The molecular weight excluding hydrogens is 296 g/mol. The van der Waals surface area contributed by atoms with Crippen molar-refractivity contribution in [1.82, 2.24) is 4.47 Å². The Kier molecular flexibility index (Phi) is 4.04. The molecule has 1 saturated heterocycles. The number of non-ortho nitro benzene ring substituents is 1. The summed E-state index contributed by atoms with van der Waals surface area (Å²) < 4.78 is 25.4. The van der Waals surface area contributed by atoms with E-state index in [0.29, 0.717) is 13.0 Å². The normalized spacial score (nSPS) is 17.3. The molecule has 1 aliphatic rings. The van der Waals surface area contributed by atoms with E-state index in [9.17, 15) is 18.5 Å². The van der Waals surface area contributed by atoms with Gasteiger partial charge in [0, 0.05) is 18.7 Å². The van der Waals surface area contributed by atoms with Crippen molar-refractivity contribution in [3.63, 3.8) is 0 Å². The van der Waals surface area contributed by atoms with Crippen LogP contribution in [-0.4, -0.2) is 31.0 Å². The number of nitro benzene ring substituents is 1. The number of nitro groups is 1. The van der Waals surface area contributed by atoms with Gasteiger partial charge in [-0.25, -0.2) is 8.42 Å². The zero-order valence-electron chi connectivity index (χ0n) is 9.78. The highest BCUT2D eigenvalue weighted by Gasteiger charge is 2.30. The Balaban J connectivity index is 2.37. The van der Waals surface area contributed by atoms with Gasteiger partial charge in [0.05, 0.1) is 16.6 Å². The molecule has 0 atom stereocenters. The summed E-state index contributed by atoms with van der Waals surface area (Å²) in [5.74, 6) is 0. The molecule has 1 aliphatic heterocycles. The number of hydrogen-bond acceptors (Lipinski definition) is 5. The second-order valence-corrected chi connectivity index (χ2v) is 6.15. The number of hydroxylamine groups is 1. The van der Waals surface area contributed by atoms with E-state index in [2.05, 4.69) is 0 Å². The Bertz CT molecular complexity index is 598. The number of hydrogen-bond donors (Lipinski definition) is 0. The summed E-state index contributed by atoms with van der Waals surface area (Å²) in [5, 5.41) is 10.4. The first-order valence-corrected chi connectivity index (χ1v) is 7.34. The molecule has 9 heteroatoms. The van der Waals surface area contributed by atoms with Crippen molar-refractivity contribution in [2.24, 2.45) is 0 Å². The van der Waals surface area contributed by atoms with Gasteiger partial charge in [-0.2, -0.15) is 0 Å². The first-order valence-electron chi connectivity index (χ1n) is 5.52. The zero-order chi connectivity index (χ0) is 14.0. The first kappa shape index (κ1) is 14.2. The van der Waals surface area contributed by atoms with E-state index in [4.69, 9.17) is 16.4 Å². The molecule has 0 aromatic heterocycles. The van der Waals surface area contributed by atoms with Gasteiger partial charge >= 0.3 is 0 Å². The van der Waals surface area contributed by atoms with Gasteiger partial charge in [-0.15, -0.1) is 0 Å². The van der Waals surface area contributed by atoms with Crippen molar-refractivity contribution in [2.75, 3.05) is 13.2 Å². The molecule has 1 fully saturated rings. The van der Waals surface area contributed by atoms with Crippen molar-refractivity contribution >= 4 is 27.3 Å². The summed E-state index contributed by atoms with van der Waals surface area (Å²) in [6.07, 6.45) is 1.49. The lowest BCUT2D eigenvalue weighted by Gasteiger charge is -2.25. The summed E-state index contributed by atoms with van der Waals surface area (Å²) in [7, 11) is -3.88. The maximum atomic E-state index is 12.2. The minimum Gasteiger partial charge on any atom is -0.284 e. The quantitative estimate of drug-likeness (QED) is 0.629. The van der Waals surface area contributed by atoms with E-state index in [-0.39, 0.29) is 22.2 Å². The van der Waals surface area contributed by atoms with Crippen molar-refractivity contribution in [2.45, 2.75) is 17.7 Å². The lowest BCUT2D eigenvalue weighted by molar-refractivity contribution is -0.384. The lowest BCUT2D eigenvalue weighted by Crippen LogP contribution is -2.35. The molecule has 2 rings (SSSR count). The molecular formula is C10H11ClN2O5S. The standard InChI is InChI=1S/C10H11ClN2O5S/c11-9-7-8(13(14)15)3-4-10(9)19(16,17)12-5-1-2-6-18-12/h3-4,7H,1-2,5-6H2. The van der Waals surface area contributed by atoms with Gasteiger partial charge in [-0.05, 0) is 18.9 Å². The van der Waals surface area contributed by atoms with Gasteiger partial charge in [0.1, 0.15) is 4.90 Å². The molecule has 0 radical (unpaired) electrons. The monoisotopic (exact) mass is 306 g/mol. The SMILES string of the molecule is O=[N+]([O-])c1ccc(S(=O)(=O)N2CCCCO2)c(Cl)c1. The predicted octanol–water partition coefficient (Wildman–Crippen LogP) is 1.96. The smallest absolute Gasteiger partial charge is 0.271 e. The summed E-state index contributed by atoms with van der Waals surface area (Å²) in [5.41, 5.74) is -0.261. The molecule has 0 N–H and O–H groups in total. The van der Waals surface area contributed by atoms with Crippen molar-refractivity contribution in [3.8, 4) is 0 Å². The number of rotatable bonds is 3. The van der Waals surface area contributed by atoms with Crippen molar-refractivity contribution in [3.05, 3.63) is 33.3 Å². The van der Waals surface area contributed by atoms with E-state index in [1.807, 2.05) is 0 Å². The first-order chi connectivity index (χ1) is 8.93. The summed E-state index contributed by atoms with van der Waals surface area (Å²) in [4.78, 5) is 14.8. The fourth-order valence-electron chi connectivity index (χ4n) is 1.69. The van der Waals surface area contributed by atoms with E-state index in [1.54, 1.807) is 0 Å². The number of nitrogens with zero attached hydrogens (tertiary/aromatic N) is 2. The van der Waals surface area contributed by atoms with E-state index < -0.39 is 14.9 Å². The largest absolute Gasteiger partial charge is 0.284 e. The molecule has 1 aromatic rings. The lowest BCUT2D eigenvalue weighted by atomic mass is 10.3. The van der Waals surface area contributed by atoms with Crippen LogP contribution in [0, 0.1) is 10.1 Å². The third-order valence-corrected chi connectivity index (χ3v) is 4.80. The third-order valence-electron chi connectivity index (χ3n) is 2.64. The van der Waals surface area contributed by atoms with Gasteiger partial charge < -0.3 is 0 Å². The molecule has 0 spiro atoms. The van der Waals surface area contributed by atoms with Crippen molar-refractivity contribution < 1.29 is 18.2 Å². The average molecular weight is 307 g/mol. The van der Waals surface area contributed by atoms with Crippen LogP contribution in [-0.2, 0) is 14.9 Å². The molecule has 0 saturated carbocycles. The Hall–Kier alpha value is -1.22. The highest BCUT2D eigenvalue weighted by atomic mass is 35.5. The maximum Gasteiger partial charge on any atom is 0.271 e. The molecule has 104 valence electrons. The topological polar surface area (TPSA) is 89.8 Å². The number of sulfonamides is 1. The Morgan fingerprint density at radius 1 is 1.37 bits per heavy atom. The van der Waals surface area contributed by atoms with E-state index >= 15 is 0 Å². The van der Waals surface area contributed by atoms with Crippen LogP contribution >= 0.6 is 11.6 Å². The van der Waals surface area contributed by atoms with Crippen LogP contribution in [0.4, 0.5) is 5.69 Å². The molecule has 7 nitrogen and oxygen atoms in total. The molecule has 0 aliphatic carbocycles. The second-order valence-electron chi connectivity index (χ2n) is 3.94. The maximum absolute atomic E-state index is 12.2. The van der Waals surface area contributed by atoms with Crippen LogP contribution in [0.3, 0.4) is 0 Å². The van der Waals surface area contributed by atoms with Crippen molar-refractivity contribution in [1.29, 1.82) is 0 Å². The van der Waals surface area contributed by atoms with Crippen LogP contribution < -0.4 is 0 Å². The van der Waals surface area contributed by atoms with Gasteiger partial charge in [-0.3, -0.25) is 15.0 Å². The van der Waals surface area contributed by atoms with Gasteiger partial charge in [-0.1, -0.05) is 16.1 Å². The molecule has 0 amide bonds. The Morgan fingerprint density at radius 2 is 2.11 bits per heavy atom. The van der Waals surface area contributed by atoms with E-state index in [1.165, 1.54) is 0 Å². The van der Waals surface area contributed by atoms with E-state index in [0.717, 1.165) is 29.1 Å². The molecule has 0 unspecified atom stereocenters. The van der Waals surface area contributed by atoms with Crippen LogP contribution in [0.25, 0.3) is 0 Å². The van der Waals surface area contributed by atoms with Gasteiger partial charge in [0.25, 0.3) is 15.7 Å². The molecule has 1 heterocycles. The summed E-state index contributed by atoms with van der Waals surface area (Å²) in [6, 6.07) is 3.23. The molecule has 1 aromatic carbocycles. The number of halogens is 1. The zero-order valence-corrected chi connectivity index (χ0v) is 11.4. The van der Waals surface area contributed by atoms with Crippen LogP contribution in [0.1, 0.15) is 12.8 Å². The fraction of sp³-hybridized carbons (Fsp3) is 0.400. The fourth-order valence-corrected chi connectivity index (χ4v) is 3.50. The molecule has 0 bridgehead atoms. The molecule has 19 heavy (non-hydrogen) atoms. The third kappa shape index (κ3) is 2.86. The van der Waals surface area contributed by atoms with Gasteiger partial charge in [0.15, 0.2) is 0 Å². The second kappa shape index (κ2) is 5.41.